The van der Waals surface area contributed by atoms with Crippen LogP contribution >= 0.6 is 0 Å². The molecule has 5 rings (SSSR count). The van der Waals surface area contributed by atoms with Crippen LogP contribution in [0.25, 0.3) is 11.0 Å². The quantitative estimate of drug-likeness (QED) is 0.514. The Labute approximate surface area is 201 Å². The first kappa shape index (κ1) is 23.0. The third kappa shape index (κ3) is 4.14. The second-order valence-corrected chi connectivity index (χ2v) is 9.83. The molecular formula is C26H25F2N5O2. The van der Waals surface area contributed by atoms with Gasteiger partial charge in [-0.25, -0.2) is 23.5 Å². The van der Waals surface area contributed by atoms with E-state index >= 15 is 0 Å². The number of hydrogen-bond donors (Lipinski definition) is 2. The number of nitrogens with zero attached hydrogens (tertiary/aromatic N) is 4. The summed E-state index contributed by atoms with van der Waals surface area (Å²) in [6.45, 7) is 4.81. The summed E-state index contributed by atoms with van der Waals surface area (Å²) >= 11 is 0. The number of aryl methyl sites for hydroxylation is 1. The van der Waals surface area contributed by atoms with Gasteiger partial charge in [0, 0.05) is 42.6 Å². The number of alkyl halides is 2. The Morgan fingerprint density at radius 1 is 1.26 bits per heavy atom. The molecule has 3 aromatic rings. The maximum Gasteiger partial charge on any atom is 0.337 e. The van der Waals surface area contributed by atoms with Crippen molar-refractivity contribution < 1.29 is 18.7 Å². The lowest BCUT2D eigenvalue weighted by molar-refractivity contribution is -0.152. The fourth-order valence-corrected chi connectivity index (χ4v) is 5.51. The molecule has 2 aromatic carbocycles. The number of para-hydroxylation sites is 1. The molecular weight excluding hydrogens is 452 g/mol. The van der Waals surface area contributed by atoms with E-state index in [0.29, 0.717) is 42.0 Å². The predicted octanol–water partition coefficient (Wildman–Crippen LogP) is 5.31. The molecule has 0 amide bonds. The molecule has 0 unspecified atom stereocenters. The van der Waals surface area contributed by atoms with Crippen LogP contribution in [0, 0.1) is 23.7 Å². The van der Waals surface area contributed by atoms with E-state index in [1.807, 2.05) is 30.9 Å². The van der Waals surface area contributed by atoms with E-state index in [4.69, 9.17) is 4.98 Å². The fraction of sp³-hybridized carbons (Fsp3) is 0.385. The normalized spacial score (nSPS) is 18.8. The number of carboxylic acids is 1. The number of carboxylic acid groups (broad SMARTS) is 1. The minimum Gasteiger partial charge on any atom is -0.478 e. The molecule has 1 aliphatic carbocycles. The Hall–Kier alpha value is -3.80. The number of benzene rings is 2. The van der Waals surface area contributed by atoms with E-state index < -0.39 is 17.3 Å². The number of carbonyl (C=O) groups is 1. The molecule has 2 heterocycles. The summed E-state index contributed by atoms with van der Waals surface area (Å²) in [4.78, 5) is 23.0. The number of anilines is 2. The first-order valence-electron chi connectivity index (χ1n) is 11.5. The lowest BCUT2D eigenvalue weighted by atomic mass is 9.65. The van der Waals surface area contributed by atoms with Gasteiger partial charge in [0.1, 0.15) is 6.07 Å². The Kier molecular flexibility index (Phi) is 5.35. The van der Waals surface area contributed by atoms with Crippen molar-refractivity contribution in [2.75, 3.05) is 23.3 Å². The van der Waals surface area contributed by atoms with Crippen LogP contribution < -0.4 is 10.2 Å². The van der Waals surface area contributed by atoms with Gasteiger partial charge in [-0.1, -0.05) is 18.2 Å². The number of nitrogens with one attached hydrogen (secondary N) is 1. The highest BCUT2D eigenvalue weighted by Crippen LogP contribution is 2.57. The van der Waals surface area contributed by atoms with Gasteiger partial charge in [0.05, 0.1) is 22.6 Å². The number of nitriles is 1. The predicted molar refractivity (Wildman–Crippen MR) is 128 cm³/mol. The summed E-state index contributed by atoms with van der Waals surface area (Å²) < 4.78 is 27.2. The van der Waals surface area contributed by atoms with Crippen LogP contribution in [0.3, 0.4) is 0 Å². The number of aromatic nitrogens is 2. The first-order chi connectivity index (χ1) is 16.6. The van der Waals surface area contributed by atoms with Crippen LogP contribution in [0.1, 0.15) is 59.4 Å². The Balaban J connectivity index is 1.53. The van der Waals surface area contributed by atoms with Gasteiger partial charge in [-0.15, -0.1) is 0 Å². The number of fused-ring (bicyclic) bond motifs is 1. The molecule has 0 radical (unpaired) electrons. The fourth-order valence-electron chi connectivity index (χ4n) is 5.51. The molecule has 1 aliphatic heterocycles. The molecule has 180 valence electrons. The molecule has 1 saturated heterocycles. The highest BCUT2D eigenvalue weighted by Gasteiger charge is 2.59. The molecule has 0 bridgehead atoms. The summed E-state index contributed by atoms with van der Waals surface area (Å²) in [5.41, 5.74) is 3.28. The van der Waals surface area contributed by atoms with E-state index in [9.17, 15) is 23.9 Å². The second-order valence-electron chi connectivity index (χ2n) is 9.83. The number of halogens is 2. The van der Waals surface area contributed by atoms with E-state index in [1.54, 1.807) is 18.2 Å². The summed E-state index contributed by atoms with van der Waals surface area (Å²) in [5.74, 6) is -3.23. The van der Waals surface area contributed by atoms with Crippen LogP contribution in [0.5, 0.6) is 0 Å². The van der Waals surface area contributed by atoms with E-state index in [-0.39, 0.29) is 30.1 Å². The molecule has 1 spiro atoms. The molecule has 2 aliphatic rings. The summed E-state index contributed by atoms with van der Waals surface area (Å²) in [6, 6.07) is 12.3. The molecule has 2 fully saturated rings. The minimum atomic E-state index is -2.61. The van der Waals surface area contributed by atoms with Crippen LogP contribution in [-0.2, 0) is 0 Å². The summed E-state index contributed by atoms with van der Waals surface area (Å²) in [7, 11) is 0. The highest BCUT2D eigenvalue weighted by molar-refractivity contribution is 5.94. The summed E-state index contributed by atoms with van der Waals surface area (Å²) in [6.07, 6.45) is 0.374. The number of rotatable bonds is 5. The second kappa shape index (κ2) is 8.15. The van der Waals surface area contributed by atoms with Gasteiger partial charge in [0.2, 0.25) is 5.92 Å². The van der Waals surface area contributed by atoms with E-state index in [0.717, 1.165) is 11.1 Å². The molecule has 2 N–H and O–H groups in total. The molecule has 1 atom stereocenters. The van der Waals surface area contributed by atoms with Gasteiger partial charge in [-0.3, -0.25) is 0 Å². The largest absolute Gasteiger partial charge is 0.478 e. The SMILES string of the molecule is Cc1cc([C@@H](C)Nc2ccccc2C(=O)O)c2nc(N3CCC4(C3)CC(F)(F)C4)c(C#N)nc2c1. The minimum absolute atomic E-state index is 0.131. The topological polar surface area (TPSA) is 102 Å². The van der Waals surface area contributed by atoms with Crippen LogP contribution in [-0.4, -0.2) is 40.1 Å². The van der Waals surface area contributed by atoms with Gasteiger partial charge in [-0.2, -0.15) is 5.26 Å². The van der Waals surface area contributed by atoms with Crippen LogP contribution in [0.15, 0.2) is 36.4 Å². The molecule has 1 aromatic heterocycles. The van der Waals surface area contributed by atoms with Gasteiger partial charge < -0.3 is 15.3 Å². The standard InChI is InChI=1S/C26H25F2N5O2/c1-15-9-18(16(2)30-19-6-4-3-5-17(19)24(34)35)22-20(10-15)31-21(11-29)23(32-22)33-8-7-25(14-33)12-26(27,28)13-25/h3-6,9-10,16,30H,7-8,12-14H2,1-2H3,(H,34,35)/t16-/m1/s1. The van der Waals surface area contributed by atoms with Crippen LogP contribution in [0.4, 0.5) is 20.3 Å². The monoisotopic (exact) mass is 477 g/mol. The van der Waals surface area contributed by atoms with Crippen molar-refractivity contribution >= 4 is 28.5 Å². The first-order valence-corrected chi connectivity index (χ1v) is 11.5. The van der Waals surface area contributed by atoms with E-state index in [1.165, 1.54) is 6.07 Å². The zero-order valence-corrected chi connectivity index (χ0v) is 19.5. The Bertz CT molecular complexity index is 1380. The third-order valence-corrected chi connectivity index (χ3v) is 7.03. The smallest absolute Gasteiger partial charge is 0.337 e. The van der Waals surface area contributed by atoms with Gasteiger partial charge in [0.15, 0.2) is 11.5 Å². The average molecular weight is 478 g/mol. The molecule has 35 heavy (non-hydrogen) atoms. The maximum atomic E-state index is 13.6. The van der Waals surface area contributed by atoms with Crippen molar-refractivity contribution in [3.63, 3.8) is 0 Å². The van der Waals surface area contributed by atoms with Crippen LogP contribution in [0.2, 0.25) is 0 Å². The highest BCUT2D eigenvalue weighted by atomic mass is 19.3. The molecule has 1 saturated carbocycles. The lowest BCUT2D eigenvalue weighted by Gasteiger charge is -2.44. The average Bonchev–Trinajstić information content (AvgIpc) is 3.21. The molecule has 9 heteroatoms. The van der Waals surface area contributed by atoms with Crippen molar-refractivity contribution in [2.24, 2.45) is 5.41 Å². The lowest BCUT2D eigenvalue weighted by Crippen LogP contribution is -2.47. The van der Waals surface area contributed by atoms with Gasteiger partial charge >= 0.3 is 5.97 Å². The van der Waals surface area contributed by atoms with E-state index in [2.05, 4.69) is 16.4 Å². The summed E-state index contributed by atoms with van der Waals surface area (Å²) in [5, 5.41) is 22.6. The Morgan fingerprint density at radius 2 is 2.00 bits per heavy atom. The maximum absolute atomic E-state index is 13.6. The van der Waals surface area contributed by atoms with Crippen molar-refractivity contribution in [3.05, 3.63) is 58.8 Å². The zero-order chi connectivity index (χ0) is 25.0. The van der Waals surface area contributed by atoms with Crippen molar-refractivity contribution in [3.8, 4) is 6.07 Å². The van der Waals surface area contributed by atoms with Crippen molar-refractivity contribution in [1.82, 2.24) is 9.97 Å². The number of hydrogen-bond acceptors (Lipinski definition) is 6. The van der Waals surface area contributed by atoms with Crippen molar-refractivity contribution in [2.45, 2.75) is 45.1 Å². The zero-order valence-electron chi connectivity index (χ0n) is 19.5. The third-order valence-electron chi connectivity index (χ3n) is 7.03. The van der Waals surface area contributed by atoms with Gasteiger partial charge in [-0.05, 0) is 44.0 Å². The van der Waals surface area contributed by atoms with Gasteiger partial charge in [0.25, 0.3) is 0 Å². The molecule has 7 nitrogen and oxygen atoms in total. The Morgan fingerprint density at radius 3 is 2.69 bits per heavy atom. The van der Waals surface area contributed by atoms with Crippen molar-refractivity contribution in [1.29, 1.82) is 5.26 Å². The number of aromatic carboxylic acids is 1.